The lowest BCUT2D eigenvalue weighted by atomic mass is 10.2. The lowest BCUT2D eigenvalue weighted by molar-refractivity contribution is -0.128. The van der Waals surface area contributed by atoms with Crippen molar-refractivity contribution in [2.24, 2.45) is 0 Å². The van der Waals surface area contributed by atoms with E-state index in [4.69, 9.17) is 4.74 Å². The van der Waals surface area contributed by atoms with Crippen molar-refractivity contribution in [2.45, 2.75) is 38.8 Å². The molecule has 6 nitrogen and oxygen atoms in total. The van der Waals surface area contributed by atoms with Crippen LogP contribution in [0.1, 0.15) is 26.7 Å². The molecule has 0 aliphatic carbocycles. The van der Waals surface area contributed by atoms with E-state index in [0.717, 1.165) is 12.7 Å². The van der Waals surface area contributed by atoms with Gasteiger partial charge >= 0.3 is 0 Å². The Balaban J connectivity index is 2.28. The number of carbonyl (C=O) groups excluding carboxylic acids is 1. The maximum atomic E-state index is 12.3. The molecular formula is C15H22N2O4S. The molecular weight excluding hydrogens is 304 g/mol. The summed E-state index contributed by atoms with van der Waals surface area (Å²) in [4.78, 5) is 12.3. The molecule has 0 fully saturated rings. The van der Waals surface area contributed by atoms with Crippen LogP contribution in [0.3, 0.4) is 0 Å². The third kappa shape index (κ3) is 3.71. The Hall–Kier alpha value is -1.76. The summed E-state index contributed by atoms with van der Waals surface area (Å²) in [5.41, 5.74) is 0.476. The number of carbonyl (C=O) groups is 1. The van der Waals surface area contributed by atoms with Crippen LogP contribution in [0.2, 0.25) is 0 Å². The van der Waals surface area contributed by atoms with Crippen LogP contribution in [-0.4, -0.2) is 39.3 Å². The highest BCUT2D eigenvalue weighted by Gasteiger charge is 2.31. The fourth-order valence-corrected chi connectivity index (χ4v) is 3.24. The fraction of sp³-hybridized carbons (Fsp3) is 0.533. The minimum absolute atomic E-state index is 0.0561. The topological polar surface area (TPSA) is 75.7 Å². The maximum absolute atomic E-state index is 12.3. The van der Waals surface area contributed by atoms with Gasteiger partial charge in [-0.2, -0.15) is 0 Å². The standard InChI is InChI=1S/C15H22N2O4S/c1-4-11(2)16-15(18)14-9-10-17(22(3,19)20)12-7-5-6-8-13(12)21-14/h5-8,11,14H,4,9-10H2,1-3H3,(H,16,18)/t11-,14-/m1/s1. The van der Waals surface area contributed by atoms with Gasteiger partial charge in [-0.15, -0.1) is 0 Å². The van der Waals surface area contributed by atoms with Crippen LogP contribution < -0.4 is 14.4 Å². The number of para-hydroxylation sites is 2. The van der Waals surface area contributed by atoms with Crippen LogP contribution in [0.5, 0.6) is 5.75 Å². The number of anilines is 1. The number of fused-ring (bicyclic) bond motifs is 1. The number of benzene rings is 1. The van der Waals surface area contributed by atoms with E-state index in [9.17, 15) is 13.2 Å². The van der Waals surface area contributed by atoms with Gasteiger partial charge in [-0.1, -0.05) is 19.1 Å². The highest BCUT2D eigenvalue weighted by atomic mass is 32.2. The predicted molar refractivity (Wildman–Crippen MR) is 85.6 cm³/mol. The Labute approximate surface area is 131 Å². The lowest BCUT2D eigenvalue weighted by Crippen LogP contribution is -2.43. The molecule has 1 aliphatic heterocycles. The molecule has 2 atom stereocenters. The second-order valence-electron chi connectivity index (χ2n) is 5.52. The Morgan fingerprint density at radius 2 is 2.14 bits per heavy atom. The van der Waals surface area contributed by atoms with Crippen molar-refractivity contribution in [3.8, 4) is 5.75 Å². The molecule has 0 saturated heterocycles. The summed E-state index contributed by atoms with van der Waals surface area (Å²) >= 11 is 0. The third-order valence-electron chi connectivity index (χ3n) is 3.69. The first-order valence-electron chi connectivity index (χ1n) is 7.36. The number of hydrogen-bond donors (Lipinski definition) is 1. The van der Waals surface area contributed by atoms with E-state index in [1.807, 2.05) is 13.8 Å². The Kier molecular flexibility index (Phi) is 4.95. The first kappa shape index (κ1) is 16.6. The summed E-state index contributed by atoms with van der Waals surface area (Å²) in [5.74, 6) is 0.203. The van der Waals surface area contributed by atoms with Gasteiger partial charge in [0.15, 0.2) is 6.10 Å². The Morgan fingerprint density at radius 1 is 1.45 bits per heavy atom. The van der Waals surface area contributed by atoms with Gasteiger partial charge in [-0.3, -0.25) is 9.10 Å². The Bertz CT molecular complexity index is 645. The second-order valence-corrected chi connectivity index (χ2v) is 7.42. The normalized spacial score (nSPS) is 19.6. The van der Waals surface area contributed by atoms with Crippen molar-refractivity contribution in [3.05, 3.63) is 24.3 Å². The predicted octanol–water partition coefficient (Wildman–Crippen LogP) is 1.52. The largest absolute Gasteiger partial charge is 0.478 e. The van der Waals surface area contributed by atoms with Gasteiger partial charge in [0.1, 0.15) is 5.75 Å². The molecule has 0 spiro atoms. The number of amides is 1. The summed E-state index contributed by atoms with van der Waals surface area (Å²) < 4.78 is 31.0. The highest BCUT2D eigenvalue weighted by molar-refractivity contribution is 7.92. The monoisotopic (exact) mass is 326 g/mol. The molecule has 1 aromatic rings. The quantitative estimate of drug-likeness (QED) is 0.910. The number of ether oxygens (including phenoxy) is 1. The molecule has 1 aromatic carbocycles. The molecule has 1 N–H and O–H groups in total. The molecule has 0 aromatic heterocycles. The number of rotatable bonds is 4. The molecule has 2 rings (SSSR count). The van der Waals surface area contributed by atoms with E-state index < -0.39 is 16.1 Å². The van der Waals surface area contributed by atoms with Gasteiger partial charge in [-0.05, 0) is 25.5 Å². The van der Waals surface area contributed by atoms with Crippen molar-refractivity contribution in [1.29, 1.82) is 0 Å². The van der Waals surface area contributed by atoms with E-state index in [1.165, 1.54) is 4.31 Å². The second kappa shape index (κ2) is 6.56. The smallest absolute Gasteiger partial charge is 0.261 e. The number of nitrogens with zero attached hydrogens (tertiary/aromatic N) is 1. The zero-order valence-corrected chi connectivity index (χ0v) is 13.9. The van der Waals surface area contributed by atoms with Gasteiger partial charge in [0.25, 0.3) is 5.91 Å². The van der Waals surface area contributed by atoms with Crippen molar-refractivity contribution in [2.75, 3.05) is 17.1 Å². The molecule has 1 heterocycles. The zero-order chi connectivity index (χ0) is 16.3. The first-order valence-corrected chi connectivity index (χ1v) is 9.21. The van der Waals surface area contributed by atoms with Gasteiger partial charge in [0.2, 0.25) is 10.0 Å². The summed E-state index contributed by atoms with van der Waals surface area (Å²) in [6.45, 7) is 4.12. The molecule has 1 aliphatic rings. The third-order valence-corrected chi connectivity index (χ3v) is 4.87. The van der Waals surface area contributed by atoms with E-state index in [1.54, 1.807) is 24.3 Å². The van der Waals surface area contributed by atoms with Crippen molar-refractivity contribution >= 4 is 21.6 Å². The average Bonchev–Trinajstić information content (AvgIpc) is 2.66. The average molecular weight is 326 g/mol. The fourth-order valence-electron chi connectivity index (χ4n) is 2.30. The SMILES string of the molecule is CC[C@@H](C)NC(=O)[C@H]1CCN(S(C)(=O)=O)c2ccccc2O1. The molecule has 22 heavy (non-hydrogen) atoms. The summed E-state index contributed by atoms with van der Waals surface area (Å²) in [7, 11) is -3.42. The van der Waals surface area contributed by atoms with Crippen LogP contribution in [0, 0.1) is 0 Å². The van der Waals surface area contributed by atoms with Crippen LogP contribution in [0.15, 0.2) is 24.3 Å². The number of sulfonamides is 1. The maximum Gasteiger partial charge on any atom is 0.261 e. The van der Waals surface area contributed by atoms with Crippen LogP contribution in [-0.2, 0) is 14.8 Å². The molecule has 0 saturated carbocycles. The Morgan fingerprint density at radius 3 is 2.77 bits per heavy atom. The highest BCUT2D eigenvalue weighted by Crippen LogP contribution is 2.33. The summed E-state index contributed by atoms with van der Waals surface area (Å²) in [6, 6.07) is 6.93. The zero-order valence-electron chi connectivity index (χ0n) is 13.1. The minimum atomic E-state index is -3.42. The van der Waals surface area contributed by atoms with E-state index in [0.29, 0.717) is 17.9 Å². The van der Waals surface area contributed by atoms with Crippen LogP contribution in [0.4, 0.5) is 5.69 Å². The van der Waals surface area contributed by atoms with E-state index in [-0.39, 0.29) is 18.5 Å². The molecule has 0 radical (unpaired) electrons. The van der Waals surface area contributed by atoms with Gasteiger partial charge in [-0.25, -0.2) is 8.42 Å². The summed E-state index contributed by atoms with van der Waals surface area (Å²) in [5, 5.41) is 2.88. The van der Waals surface area contributed by atoms with Crippen molar-refractivity contribution in [3.63, 3.8) is 0 Å². The molecule has 122 valence electrons. The molecule has 0 unspecified atom stereocenters. The number of nitrogens with one attached hydrogen (secondary N) is 1. The van der Waals surface area contributed by atoms with E-state index in [2.05, 4.69) is 5.32 Å². The summed E-state index contributed by atoms with van der Waals surface area (Å²) in [6.07, 6.45) is 1.60. The van der Waals surface area contributed by atoms with Crippen LogP contribution in [0.25, 0.3) is 0 Å². The molecule has 0 bridgehead atoms. The molecule has 1 amide bonds. The number of hydrogen-bond acceptors (Lipinski definition) is 4. The van der Waals surface area contributed by atoms with Crippen molar-refractivity contribution in [1.82, 2.24) is 5.32 Å². The van der Waals surface area contributed by atoms with Crippen LogP contribution >= 0.6 is 0 Å². The van der Waals surface area contributed by atoms with Gasteiger partial charge in [0, 0.05) is 19.0 Å². The van der Waals surface area contributed by atoms with Crippen molar-refractivity contribution < 1.29 is 17.9 Å². The van der Waals surface area contributed by atoms with Gasteiger partial charge in [0.05, 0.1) is 11.9 Å². The minimum Gasteiger partial charge on any atom is -0.478 e. The lowest BCUT2D eigenvalue weighted by Gasteiger charge is -2.20. The van der Waals surface area contributed by atoms with E-state index >= 15 is 0 Å². The first-order chi connectivity index (χ1) is 10.3. The molecule has 7 heteroatoms. The van der Waals surface area contributed by atoms with Gasteiger partial charge < -0.3 is 10.1 Å².